The van der Waals surface area contributed by atoms with Gasteiger partial charge >= 0.3 is 0 Å². The average molecular weight is 215 g/mol. The molecule has 1 saturated heterocycles. The van der Waals surface area contributed by atoms with Gasteiger partial charge in [0.1, 0.15) is 0 Å². The lowest BCUT2D eigenvalue weighted by Gasteiger charge is -2.29. The summed E-state index contributed by atoms with van der Waals surface area (Å²) >= 11 is 0. The summed E-state index contributed by atoms with van der Waals surface area (Å²) in [5.41, 5.74) is 3.91. The second-order valence-corrected chi connectivity index (χ2v) is 4.38. The number of aromatic amines is 1. The molecule has 0 bridgehead atoms. The van der Waals surface area contributed by atoms with Gasteiger partial charge in [-0.3, -0.25) is 0 Å². The molecule has 0 saturated carbocycles. The zero-order valence-electron chi connectivity index (χ0n) is 9.59. The average Bonchev–Trinajstić information content (AvgIpc) is 2.66. The summed E-state index contributed by atoms with van der Waals surface area (Å²) in [5, 5.41) is 4.74. The minimum absolute atomic E-state index is 1.08. The highest BCUT2D eigenvalue weighted by atomic mass is 15.2. The molecule has 84 valence electrons. The lowest BCUT2D eigenvalue weighted by atomic mass is 10.2. The van der Waals surface area contributed by atoms with E-state index in [0.29, 0.717) is 0 Å². The quantitative estimate of drug-likeness (QED) is 0.761. The number of anilines is 1. The Hall–Kier alpha value is -1.48. The molecule has 0 amide bonds. The smallest absolute Gasteiger partial charge is 0.0655 e. The van der Waals surface area contributed by atoms with E-state index >= 15 is 0 Å². The fourth-order valence-corrected chi connectivity index (χ4v) is 2.56. The third-order valence-electron chi connectivity index (χ3n) is 3.29. The fraction of sp³-hybridized carbons (Fsp3) is 0.385. The summed E-state index contributed by atoms with van der Waals surface area (Å²) in [5.74, 6) is 0. The molecule has 2 aromatic rings. The predicted octanol–water partition coefficient (Wildman–Crippen LogP) is 1.89. The molecule has 3 rings (SSSR count). The molecule has 1 fully saturated rings. The zero-order valence-corrected chi connectivity index (χ0v) is 9.59. The van der Waals surface area contributed by atoms with Gasteiger partial charge in [-0.1, -0.05) is 18.2 Å². The van der Waals surface area contributed by atoms with Crippen molar-refractivity contribution in [1.82, 2.24) is 10.3 Å². The van der Waals surface area contributed by atoms with E-state index in [9.17, 15) is 0 Å². The van der Waals surface area contributed by atoms with Gasteiger partial charge in [0.15, 0.2) is 0 Å². The summed E-state index contributed by atoms with van der Waals surface area (Å²) in [7, 11) is 0. The molecule has 0 aliphatic carbocycles. The third kappa shape index (κ3) is 1.48. The standard InChI is InChI=1S/C13H17N3/c1-10-13(16-8-6-14-7-9-16)11-4-2-3-5-12(11)15-10/h2-5,14-15H,6-9H2,1H3. The maximum atomic E-state index is 3.46. The number of nitrogens with zero attached hydrogens (tertiary/aromatic N) is 1. The van der Waals surface area contributed by atoms with Crippen LogP contribution < -0.4 is 10.2 Å². The highest BCUT2D eigenvalue weighted by Gasteiger charge is 2.16. The largest absolute Gasteiger partial charge is 0.367 e. The number of para-hydroxylation sites is 1. The van der Waals surface area contributed by atoms with Crippen LogP contribution in [0.3, 0.4) is 0 Å². The number of aryl methyl sites for hydroxylation is 1. The Balaban J connectivity index is 2.10. The molecule has 2 heterocycles. The first-order valence-electron chi connectivity index (χ1n) is 5.89. The van der Waals surface area contributed by atoms with Gasteiger partial charge in [0.2, 0.25) is 0 Å². The summed E-state index contributed by atoms with van der Waals surface area (Å²) in [6.45, 7) is 6.53. The Morgan fingerprint density at radius 3 is 2.69 bits per heavy atom. The van der Waals surface area contributed by atoms with Gasteiger partial charge in [-0.05, 0) is 13.0 Å². The topological polar surface area (TPSA) is 31.1 Å². The number of nitrogens with one attached hydrogen (secondary N) is 2. The van der Waals surface area contributed by atoms with E-state index < -0.39 is 0 Å². The monoisotopic (exact) mass is 215 g/mol. The first-order chi connectivity index (χ1) is 7.86. The Morgan fingerprint density at radius 2 is 1.88 bits per heavy atom. The molecule has 16 heavy (non-hydrogen) atoms. The molecule has 1 aromatic heterocycles. The van der Waals surface area contributed by atoms with E-state index in [1.54, 1.807) is 0 Å². The van der Waals surface area contributed by atoms with Crippen molar-refractivity contribution in [3.63, 3.8) is 0 Å². The molecule has 1 aliphatic heterocycles. The fourth-order valence-electron chi connectivity index (χ4n) is 2.56. The SMILES string of the molecule is Cc1[nH]c2ccccc2c1N1CCNCC1. The molecule has 3 nitrogen and oxygen atoms in total. The number of hydrogen-bond donors (Lipinski definition) is 2. The van der Waals surface area contributed by atoms with Crippen LogP contribution in [0.15, 0.2) is 24.3 Å². The summed E-state index contributed by atoms with van der Waals surface area (Å²) in [6, 6.07) is 8.55. The van der Waals surface area contributed by atoms with Crippen LogP contribution in [0.4, 0.5) is 5.69 Å². The normalized spacial score (nSPS) is 16.9. The van der Waals surface area contributed by atoms with Gasteiger partial charge in [0, 0.05) is 42.8 Å². The molecule has 0 unspecified atom stereocenters. The van der Waals surface area contributed by atoms with Crippen molar-refractivity contribution in [2.45, 2.75) is 6.92 Å². The van der Waals surface area contributed by atoms with Crippen LogP contribution in [0.25, 0.3) is 10.9 Å². The molecule has 2 N–H and O–H groups in total. The van der Waals surface area contributed by atoms with Crippen LogP contribution in [0.2, 0.25) is 0 Å². The Morgan fingerprint density at radius 1 is 1.12 bits per heavy atom. The molecular weight excluding hydrogens is 198 g/mol. The highest BCUT2D eigenvalue weighted by Crippen LogP contribution is 2.30. The molecule has 3 heteroatoms. The number of benzene rings is 1. The van der Waals surface area contributed by atoms with E-state index in [1.165, 1.54) is 22.3 Å². The first-order valence-corrected chi connectivity index (χ1v) is 5.89. The van der Waals surface area contributed by atoms with Crippen LogP contribution in [-0.2, 0) is 0 Å². The molecule has 0 radical (unpaired) electrons. The van der Waals surface area contributed by atoms with E-state index in [-0.39, 0.29) is 0 Å². The maximum absolute atomic E-state index is 3.46. The van der Waals surface area contributed by atoms with Crippen LogP contribution in [0, 0.1) is 6.92 Å². The van der Waals surface area contributed by atoms with Gasteiger partial charge in [-0.15, -0.1) is 0 Å². The summed E-state index contributed by atoms with van der Waals surface area (Å²) in [6.07, 6.45) is 0. The van der Waals surface area contributed by atoms with Gasteiger partial charge in [-0.2, -0.15) is 0 Å². The summed E-state index contributed by atoms with van der Waals surface area (Å²) in [4.78, 5) is 5.94. The van der Waals surface area contributed by atoms with Crippen LogP contribution in [0.5, 0.6) is 0 Å². The van der Waals surface area contributed by atoms with Crippen molar-refractivity contribution in [2.75, 3.05) is 31.1 Å². The van der Waals surface area contributed by atoms with Crippen molar-refractivity contribution in [2.24, 2.45) is 0 Å². The molecular formula is C13H17N3. The maximum Gasteiger partial charge on any atom is 0.0655 e. The Labute approximate surface area is 95.5 Å². The Kier molecular flexibility index (Phi) is 2.33. The predicted molar refractivity (Wildman–Crippen MR) is 68.1 cm³/mol. The van der Waals surface area contributed by atoms with Gasteiger partial charge < -0.3 is 15.2 Å². The van der Waals surface area contributed by atoms with Crippen LogP contribution >= 0.6 is 0 Å². The minimum Gasteiger partial charge on any atom is -0.367 e. The van der Waals surface area contributed by atoms with Crippen molar-refractivity contribution in [3.8, 4) is 0 Å². The second kappa shape index (κ2) is 3.83. The third-order valence-corrected chi connectivity index (χ3v) is 3.29. The number of piperazine rings is 1. The van der Waals surface area contributed by atoms with Crippen molar-refractivity contribution in [1.29, 1.82) is 0 Å². The van der Waals surface area contributed by atoms with Crippen LogP contribution in [0.1, 0.15) is 5.69 Å². The van der Waals surface area contributed by atoms with E-state index in [2.05, 4.69) is 46.4 Å². The lowest BCUT2D eigenvalue weighted by molar-refractivity contribution is 0.589. The Bertz CT molecular complexity index is 495. The van der Waals surface area contributed by atoms with Gasteiger partial charge in [0.25, 0.3) is 0 Å². The van der Waals surface area contributed by atoms with Crippen molar-refractivity contribution < 1.29 is 0 Å². The van der Waals surface area contributed by atoms with E-state index in [4.69, 9.17) is 0 Å². The highest BCUT2D eigenvalue weighted by molar-refractivity contribution is 5.94. The summed E-state index contributed by atoms with van der Waals surface area (Å²) < 4.78 is 0. The van der Waals surface area contributed by atoms with E-state index in [0.717, 1.165) is 26.2 Å². The number of fused-ring (bicyclic) bond motifs is 1. The van der Waals surface area contributed by atoms with Crippen LogP contribution in [-0.4, -0.2) is 31.2 Å². The van der Waals surface area contributed by atoms with Gasteiger partial charge in [-0.25, -0.2) is 0 Å². The van der Waals surface area contributed by atoms with Gasteiger partial charge in [0.05, 0.1) is 5.69 Å². The minimum atomic E-state index is 1.08. The first kappa shape index (κ1) is 9.73. The van der Waals surface area contributed by atoms with Crippen molar-refractivity contribution in [3.05, 3.63) is 30.0 Å². The second-order valence-electron chi connectivity index (χ2n) is 4.38. The molecule has 0 atom stereocenters. The zero-order chi connectivity index (χ0) is 11.0. The number of H-pyrrole nitrogens is 1. The van der Waals surface area contributed by atoms with Crippen molar-refractivity contribution >= 4 is 16.6 Å². The number of hydrogen-bond acceptors (Lipinski definition) is 2. The lowest BCUT2D eigenvalue weighted by Crippen LogP contribution is -2.43. The number of rotatable bonds is 1. The molecule has 0 spiro atoms. The molecule has 1 aromatic carbocycles. The molecule has 1 aliphatic rings. The number of aromatic nitrogens is 1. The van der Waals surface area contributed by atoms with E-state index in [1.807, 2.05) is 0 Å².